The van der Waals surface area contributed by atoms with Crippen LogP contribution in [0.1, 0.15) is 32.2 Å². The summed E-state index contributed by atoms with van der Waals surface area (Å²) in [5.41, 5.74) is 3.98. The van der Waals surface area contributed by atoms with E-state index in [-0.39, 0.29) is 17.9 Å². The average molecular weight is 421 g/mol. The van der Waals surface area contributed by atoms with Crippen LogP contribution in [-0.2, 0) is 4.79 Å². The van der Waals surface area contributed by atoms with Gasteiger partial charge in [0.1, 0.15) is 11.5 Å². The molecule has 4 rings (SSSR count). The molecular weight excluding hydrogens is 392 g/mol. The van der Waals surface area contributed by atoms with E-state index in [4.69, 9.17) is 9.47 Å². The topological polar surface area (TPSA) is 78.3 Å². The van der Waals surface area contributed by atoms with E-state index >= 15 is 0 Å². The van der Waals surface area contributed by atoms with E-state index in [1.54, 1.807) is 20.4 Å². The Bertz CT molecular complexity index is 1050. The smallest absolute Gasteiger partial charge is 0.223 e. The summed E-state index contributed by atoms with van der Waals surface area (Å²) in [5, 5.41) is 11.5. The van der Waals surface area contributed by atoms with Crippen LogP contribution in [0.3, 0.4) is 0 Å². The van der Waals surface area contributed by atoms with Crippen LogP contribution in [0.4, 0.5) is 0 Å². The minimum atomic E-state index is 0.0290. The van der Waals surface area contributed by atoms with Gasteiger partial charge in [-0.1, -0.05) is 23.4 Å². The number of nitrogens with zero attached hydrogens (tertiary/aromatic N) is 3. The summed E-state index contributed by atoms with van der Waals surface area (Å²) < 4.78 is 12.9. The molecule has 1 N–H and O–H groups in total. The van der Waals surface area contributed by atoms with Crippen molar-refractivity contribution in [3.05, 3.63) is 48.7 Å². The SMILES string of the molecule is CCNC(=O)[C@H]1CC[C@@H](n2nncc2-c2ccc(-c3ccc(OC)cc3)cc2OC)C1. The van der Waals surface area contributed by atoms with E-state index in [9.17, 15) is 4.79 Å². The maximum atomic E-state index is 12.2. The van der Waals surface area contributed by atoms with Crippen molar-refractivity contribution in [3.63, 3.8) is 0 Å². The highest BCUT2D eigenvalue weighted by molar-refractivity contribution is 5.79. The summed E-state index contributed by atoms with van der Waals surface area (Å²) in [5.74, 6) is 1.74. The third-order valence-electron chi connectivity index (χ3n) is 5.95. The predicted octanol–water partition coefficient (Wildman–Crippen LogP) is 4.11. The van der Waals surface area contributed by atoms with Gasteiger partial charge in [-0.3, -0.25) is 4.79 Å². The first-order valence-corrected chi connectivity index (χ1v) is 10.6. The number of carbonyl (C=O) groups is 1. The standard InChI is InChI=1S/C24H28N4O3/c1-4-25-24(29)18-5-9-19(13-18)28-22(15-26-27-28)21-12-8-17(14-23(21)31-3)16-6-10-20(30-2)11-7-16/h6-8,10-12,14-15,18-19H,4-5,9,13H2,1-3H3,(H,25,29)/t18-,19+/m0/s1. The van der Waals surface area contributed by atoms with E-state index < -0.39 is 0 Å². The maximum absolute atomic E-state index is 12.2. The molecule has 0 aliphatic heterocycles. The van der Waals surface area contributed by atoms with Gasteiger partial charge in [0.2, 0.25) is 5.91 Å². The Balaban J connectivity index is 1.61. The van der Waals surface area contributed by atoms with E-state index in [0.29, 0.717) is 6.54 Å². The van der Waals surface area contributed by atoms with Gasteiger partial charge in [0, 0.05) is 18.0 Å². The third kappa shape index (κ3) is 4.26. The minimum Gasteiger partial charge on any atom is -0.497 e. The highest BCUT2D eigenvalue weighted by Crippen LogP contribution is 2.39. The van der Waals surface area contributed by atoms with Gasteiger partial charge >= 0.3 is 0 Å². The van der Waals surface area contributed by atoms with Gasteiger partial charge in [-0.05, 0) is 61.6 Å². The normalized spacial score (nSPS) is 18.0. The van der Waals surface area contributed by atoms with Crippen LogP contribution < -0.4 is 14.8 Å². The quantitative estimate of drug-likeness (QED) is 0.622. The van der Waals surface area contributed by atoms with Crippen molar-refractivity contribution in [1.29, 1.82) is 0 Å². The lowest BCUT2D eigenvalue weighted by molar-refractivity contribution is -0.124. The molecule has 0 unspecified atom stereocenters. The van der Waals surface area contributed by atoms with Crippen LogP contribution in [0.5, 0.6) is 11.5 Å². The largest absolute Gasteiger partial charge is 0.497 e. The molecule has 7 nitrogen and oxygen atoms in total. The van der Waals surface area contributed by atoms with E-state index in [0.717, 1.165) is 53.1 Å². The van der Waals surface area contributed by atoms with Gasteiger partial charge in [-0.2, -0.15) is 0 Å². The van der Waals surface area contributed by atoms with Crippen molar-refractivity contribution in [1.82, 2.24) is 20.3 Å². The van der Waals surface area contributed by atoms with Crippen molar-refractivity contribution >= 4 is 5.91 Å². The maximum Gasteiger partial charge on any atom is 0.223 e. The molecule has 162 valence electrons. The number of carbonyl (C=O) groups excluding carboxylic acids is 1. The molecular formula is C24H28N4O3. The fourth-order valence-electron chi connectivity index (χ4n) is 4.31. The molecule has 0 saturated heterocycles. The number of rotatable bonds is 7. The van der Waals surface area contributed by atoms with Gasteiger partial charge in [-0.15, -0.1) is 5.10 Å². The zero-order valence-corrected chi connectivity index (χ0v) is 18.2. The average Bonchev–Trinajstić information content (AvgIpc) is 3.48. The molecule has 1 amide bonds. The van der Waals surface area contributed by atoms with Gasteiger partial charge < -0.3 is 14.8 Å². The highest BCUT2D eigenvalue weighted by Gasteiger charge is 2.32. The van der Waals surface area contributed by atoms with Crippen LogP contribution in [0.2, 0.25) is 0 Å². The molecule has 3 aromatic rings. The summed E-state index contributed by atoms with van der Waals surface area (Å²) in [6.45, 7) is 2.61. The summed E-state index contributed by atoms with van der Waals surface area (Å²) in [6, 6.07) is 14.2. The van der Waals surface area contributed by atoms with Gasteiger partial charge in [0.15, 0.2) is 0 Å². The Morgan fingerprint density at radius 2 is 1.87 bits per heavy atom. The fourth-order valence-corrected chi connectivity index (χ4v) is 4.31. The van der Waals surface area contributed by atoms with Gasteiger partial charge in [0.25, 0.3) is 0 Å². The van der Waals surface area contributed by atoms with Crippen molar-refractivity contribution in [3.8, 4) is 33.9 Å². The van der Waals surface area contributed by atoms with Gasteiger partial charge in [0.05, 0.1) is 32.2 Å². The molecule has 1 saturated carbocycles. The molecule has 1 aliphatic rings. The molecule has 1 heterocycles. The molecule has 0 spiro atoms. The Morgan fingerprint density at radius 3 is 2.58 bits per heavy atom. The zero-order valence-electron chi connectivity index (χ0n) is 18.2. The number of nitrogens with one attached hydrogen (secondary N) is 1. The number of hydrogen-bond donors (Lipinski definition) is 1. The van der Waals surface area contributed by atoms with Crippen LogP contribution >= 0.6 is 0 Å². The molecule has 31 heavy (non-hydrogen) atoms. The molecule has 2 atom stereocenters. The van der Waals surface area contributed by atoms with Gasteiger partial charge in [-0.25, -0.2) is 4.68 Å². The van der Waals surface area contributed by atoms with E-state index in [2.05, 4.69) is 21.7 Å². The molecule has 7 heteroatoms. The zero-order chi connectivity index (χ0) is 21.8. The molecule has 0 radical (unpaired) electrons. The highest BCUT2D eigenvalue weighted by atomic mass is 16.5. The molecule has 0 bridgehead atoms. The van der Waals surface area contributed by atoms with Crippen molar-refractivity contribution in [2.45, 2.75) is 32.2 Å². The Morgan fingerprint density at radius 1 is 1.10 bits per heavy atom. The van der Waals surface area contributed by atoms with Crippen LogP contribution in [-0.4, -0.2) is 41.7 Å². The van der Waals surface area contributed by atoms with Crippen LogP contribution in [0, 0.1) is 5.92 Å². The van der Waals surface area contributed by atoms with E-state index in [1.165, 1.54) is 0 Å². The first kappa shape index (κ1) is 20.9. The lowest BCUT2D eigenvalue weighted by Crippen LogP contribution is -2.29. The minimum absolute atomic E-state index is 0.0290. The number of aromatic nitrogens is 3. The monoisotopic (exact) mass is 420 g/mol. The number of hydrogen-bond acceptors (Lipinski definition) is 5. The Kier molecular flexibility index (Phi) is 6.21. The number of ether oxygens (including phenoxy) is 2. The lowest BCUT2D eigenvalue weighted by Gasteiger charge is -2.16. The fraction of sp³-hybridized carbons (Fsp3) is 0.375. The third-order valence-corrected chi connectivity index (χ3v) is 5.95. The molecule has 1 fully saturated rings. The number of methoxy groups -OCH3 is 2. The summed E-state index contributed by atoms with van der Waals surface area (Å²) in [6.07, 6.45) is 4.31. The molecule has 1 aromatic heterocycles. The van der Waals surface area contributed by atoms with Crippen molar-refractivity contribution in [2.75, 3.05) is 20.8 Å². The van der Waals surface area contributed by atoms with Crippen LogP contribution in [0.15, 0.2) is 48.7 Å². The molecule has 1 aliphatic carbocycles. The lowest BCUT2D eigenvalue weighted by atomic mass is 10.0. The second kappa shape index (κ2) is 9.20. The Hall–Kier alpha value is -3.35. The first-order valence-electron chi connectivity index (χ1n) is 10.6. The van der Waals surface area contributed by atoms with Crippen molar-refractivity contribution in [2.24, 2.45) is 5.92 Å². The predicted molar refractivity (Wildman–Crippen MR) is 119 cm³/mol. The first-order chi connectivity index (χ1) is 15.1. The second-order valence-electron chi connectivity index (χ2n) is 7.77. The summed E-state index contributed by atoms with van der Waals surface area (Å²) in [7, 11) is 3.33. The van der Waals surface area contributed by atoms with E-state index in [1.807, 2.05) is 48.0 Å². The summed E-state index contributed by atoms with van der Waals surface area (Å²) >= 11 is 0. The van der Waals surface area contributed by atoms with Crippen LogP contribution in [0.25, 0.3) is 22.4 Å². The Labute approximate surface area is 182 Å². The summed E-state index contributed by atoms with van der Waals surface area (Å²) in [4.78, 5) is 12.2. The number of amides is 1. The van der Waals surface area contributed by atoms with Crippen molar-refractivity contribution < 1.29 is 14.3 Å². The second-order valence-corrected chi connectivity index (χ2v) is 7.77. The molecule has 2 aromatic carbocycles. The number of benzene rings is 2.